The fourth-order valence-corrected chi connectivity index (χ4v) is 3.96. The number of benzene rings is 1. The van der Waals surface area contributed by atoms with E-state index < -0.39 is 5.91 Å². The molecule has 2 aromatic rings. The second-order valence-electron chi connectivity index (χ2n) is 6.07. The summed E-state index contributed by atoms with van der Waals surface area (Å²) in [5, 5.41) is 13.1. The molecule has 28 heavy (non-hydrogen) atoms. The van der Waals surface area contributed by atoms with Crippen LogP contribution in [0.1, 0.15) is 20.8 Å². The van der Waals surface area contributed by atoms with Crippen molar-refractivity contribution in [3.8, 4) is 11.8 Å². The van der Waals surface area contributed by atoms with E-state index >= 15 is 0 Å². The van der Waals surface area contributed by atoms with Crippen LogP contribution in [-0.2, 0) is 9.53 Å². The average Bonchev–Trinajstić information content (AvgIpc) is 3.02. The van der Waals surface area contributed by atoms with E-state index in [9.17, 15) is 14.9 Å². The Bertz CT molecular complexity index is 914. The number of morpholine rings is 1. The van der Waals surface area contributed by atoms with E-state index in [-0.39, 0.29) is 12.5 Å². The zero-order valence-corrected chi connectivity index (χ0v) is 16.7. The van der Waals surface area contributed by atoms with Gasteiger partial charge in [0.2, 0.25) is 0 Å². The number of nitriles is 1. The molecule has 1 aliphatic rings. The topological polar surface area (TPSA) is 91.7 Å². The third kappa shape index (κ3) is 4.62. The van der Waals surface area contributed by atoms with Crippen LogP contribution in [0.2, 0.25) is 5.02 Å². The first-order valence-corrected chi connectivity index (χ1v) is 9.77. The number of anilines is 1. The average molecular weight is 420 g/mol. The van der Waals surface area contributed by atoms with E-state index in [1.807, 2.05) is 0 Å². The molecule has 1 aromatic heterocycles. The monoisotopic (exact) mass is 419 g/mol. The first-order chi connectivity index (χ1) is 13.5. The van der Waals surface area contributed by atoms with E-state index in [1.165, 1.54) is 0 Å². The quantitative estimate of drug-likeness (QED) is 0.804. The number of amides is 2. The molecule has 146 valence electrons. The van der Waals surface area contributed by atoms with Crippen molar-refractivity contribution in [3.05, 3.63) is 45.3 Å². The van der Waals surface area contributed by atoms with Crippen molar-refractivity contribution in [3.63, 3.8) is 0 Å². The Morgan fingerprint density at radius 1 is 1.32 bits per heavy atom. The van der Waals surface area contributed by atoms with Gasteiger partial charge in [0.1, 0.15) is 16.8 Å². The normalized spacial score (nSPS) is 13.7. The van der Waals surface area contributed by atoms with Gasteiger partial charge in [0.25, 0.3) is 11.8 Å². The predicted octanol–water partition coefficient (Wildman–Crippen LogP) is 3.07. The lowest BCUT2D eigenvalue weighted by Crippen LogP contribution is -2.40. The molecule has 3 rings (SSSR count). The Hall–Kier alpha value is -2.60. The number of nitrogens with zero attached hydrogens (tertiary/aromatic N) is 2. The fraction of sp³-hybridized carbons (Fsp3) is 0.316. The van der Waals surface area contributed by atoms with Gasteiger partial charge in [0, 0.05) is 18.1 Å². The number of rotatable bonds is 5. The van der Waals surface area contributed by atoms with Crippen LogP contribution in [0.3, 0.4) is 0 Å². The van der Waals surface area contributed by atoms with Crippen LogP contribution < -0.4 is 10.1 Å². The molecule has 1 aromatic carbocycles. The van der Waals surface area contributed by atoms with Crippen molar-refractivity contribution in [1.82, 2.24) is 4.90 Å². The zero-order chi connectivity index (χ0) is 20.1. The minimum atomic E-state index is -0.418. The highest BCUT2D eigenvalue weighted by atomic mass is 35.5. The highest BCUT2D eigenvalue weighted by Gasteiger charge is 2.26. The predicted molar refractivity (Wildman–Crippen MR) is 106 cm³/mol. The van der Waals surface area contributed by atoms with Crippen LogP contribution in [0, 0.1) is 18.3 Å². The summed E-state index contributed by atoms with van der Waals surface area (Å²) in [5.41, 5.74) is 0.861. The molecule has 0 saturated carbocycles. The minimum Gasteiger partial charge on any atom is -0.484 e. The Morgan fingerprint density at radius 2 is 2.00 bits per heavy atom. The van der Waals surface area contributed by atoms with Crippen molar-refractivity contribution >= 4 is 39.8 Å². The summed E-state index contributed by atoms with van der Waals surface area (Å²) in [6.07, 6.45) is 0. The summed E-state index contributed by atoms with van der Waals surface area (Å²) in [7, 11) is 0. The summed E-state index contributed by atoms with van der Waals surface area (Å²) < 4.78 is 10.7. The highest BCUT2D eigenvalue weighted by Crippen LogP contribution is 2.33. The number of carbonyl (C=O) groups is 2. The van der Waals surface area contributed by atoms with Crippen molar-refractivity contribution in [1.29, 1.82) is 5.26 Å². The molecule has 1 saturated heterocycles. The number of ether oxygens (including phenoxy) is 2. The molecule has 0 spiro atoms. The van der Waals surface area contributed by atoms with Gasteiger partial charge in [0.05, 0.1) is 23.7 Å². The molecule has 2 amide bonds. The molecule has 7 nitrogen and oxygen atoms in total. The second-order valence-corrected chi connectivity index (χ2v) is 7.52. The molecule has 1 N–H and O–H groups in total. The lowest BCUT2D eigenvalue weighted by molar-refractivity contribution is -0.118. The SMILES string of the molecule is Cc1c(C(=O)N2CCOCC2)sc(NC(=O)COc2ccc(Cl)cc2)c1C#N. The van der Waals surface area contributed by atoms with Crippen LogP contribution in [0.25, 0.3) is 0 Å². The Morgan fingerprint density at radius 3 is 2.64 bits per heavy atom. The number of thiophene rings is 1. The lowest BCUT2D eigenvalue weighted by atomic mass is 10.1. The number of carbonyl (C=O) groups excluding carboxylic acids is 2. The number of hydrogen-bond donors (Lipinski definition) is 1. The van der Waals surface area contributed by atoms with Crippen LogP contribution >= 0.6 is 22.9 Å². The molecule has 9 heteroatoms. The van der Waals surface area contributed by atoms with Crippen molar-refractivity contribution in [2.24, 2.45) is 0 Å². The van der Waals surface area contributed by atoms with Gasteiger partial charge in [-0.25, -0.2) is 0 Å². The third-order valence-electron chi connectivity index (χ3n) is 4.19. The summed E-state index contributed by atoms with van der Waals surface area (Å²) in [6.45, 7) is 3.49. The van der Waals surface area contributed by atoms with E-state index in [2.05, 4.69) is 11.4 Å². The highest BCUT2D eigenvalue weighted by molar-refractivity contribution is 7.18. The number of nitrogens with one attached hydrogen (secondary N) is 1. The summed E-state index contributed by atoms with van der Waals surface area (Å²) in [6, 6.07) is 8.71. The largest absolute Gasteiger partial charge is 0.484 e. The van der Waals surface area contributed by atoms with Gasteiger partial charge in [-0.05, 0) is 36.8 Å². The molecular formula is C19H18ClN3O4S. The smallest absolute Gasteiger partial charge is 0.264 e. The molecule has 1 fully saturated rings. The first-order valence-electron chi connectivity index (χ1n) is 8.58. The first kappa shape index (κ1) is 20.1. The maximum Gasteiger partial charge on any atom is 0.264 e. The Balaban J connectivity index is 1.69. The maximum atomic E-state index is 12.7. The van der Waals surface area contributed by atoms with Gasteiger partial charge in [-0.3, -0.25) is 9.59 Å². The van der Waals surface area contributed by atoms with E-state index in [4.69, 9.17) is 21.1 Å². The Labute approximate surface area is 171 Å². The molecule has 0 atom stereocenters. The van der Waals surface area contributed by atoms with Crippen molar-refractivity contribution in [2.45, 2.75) is 6.92 Å². The van der Waals surface area contributed by atoms with E-state index in [0.29, 0.717) is 58.1 Å². The van der Waals surface area contributed by atoms with Crippen LogP contribution in [0.4, 0.5) is 5.00 Å². The third-order valence-corrected chi connectivity index (χ3v) is 5.63. The molecule has 1 aliphatic heterocycles. The van der Waals surface area contributed by atoms with Crippen LogP contribution in [0.5, 0.6) is 5.75 Å². The molecule has 0 radical (unpaired) electrons. The lowest BCUT2D eigenvalue weighted by Gasteiger charge is -2.26. The fourth-order valence-electron chi connectivity index (χ4n) is 2.69. The second kappa shape index (κ2) is 9.06. The Kier molecular flexibility index (Phi) is 6.52. The van der Waals surface area contributed by atoms with Gasteiger partial charge >= 0.3 is 0 Å². The van der Waals surface area contributed by atoms with Crippen molar-refractivity contribution in [2.75, 3.05) is 38.2 Å². The number of halogens is 1. The molecule has 0 bridgehead atoms. The molecule has 2 heterocycles. The minimum absolute atomic E-state index is 0.153. The number of hydrogen-bond acceptors (Lipinski definition) is 6. The van der Waals surface area contributed by atoms with Crippen molar-refractivity contribution < 1.29 is 19.1 Å². The molecule has 0 aliphatic carbocycles. The van der Waals surface area contributed by atoms with Crippen LogP contribution in [0.15, 0.2) is 24.3 Å². The van der Waals surface area contributed by atoms with E-state index in [0.717, 1.165) is 11.3 Å². The maximum absolute atomic E-state index is 12.7. The van der Waals surface area contributed by atoms with E-state index in [1.54, 1.807) is 36.1 Å². The van der Waals surface area contributed by atoms with Gasteiger partial charge in [-0.15, -0.1) is 11.3 Å². The molecule has 0 unspecified atom stereocenters. The zero-order valence-electron chi connectivity index (χ0n) is 15.2. The summed E-state index contributed by atoms with van der Waals surface area (Å²) >= 11 is 6.92. The summed E-state index contributed by atoms with van der Waals surface area (Å²) in [5.74, 6) is -0.0658. The standard InChI is InChI=1S/C19H18ClN3O4S/c1-12-15(10-21)18(28-17(12)19(25)23-6-8-26-9-7-23)22-16(24)11-27-14-4-2-13(20)3-5-14/h2-5H,6-9,11H2,1H3,(H,22,24). The van der Waals surface area contributed by atoms with Gasteiger partial charge < -0.3 is 19.7 Å². The van der Waals surface area contributed by atoms with Crippen LogP contribution in [-0.4, -0.2) is 49.6 Å². The van der Waals surface area contributed by atoms with Gasteiger partial charge in [-0.1, -0.05) is 11.6 Å². The van der Waals surface area contributed by atoms with Gasteiger partial charge in [0.15, 0.2) is 6.61 Å². The summed E-state index contributed by atoms with van der Waals surface area (Å²) in [4.78, 5) is 27.1. The van der Waals surface area contributed by atoms with Gasteiger partial charge in [-0.2, -0.15) is 5.26 Å². The molecular weight excluding hydrogens is 402 g/mol.